The van der Waals surface area contributed by atoms with Crippen molar-refractivity contribution in [1.29, 1.82) is 0 Å². The van der Waals surface area contributed by atoms with E-state index < -0.39 is 11.9 Å². The minimum Gasteiger partial charge on any atom is -0.481 e. The molecule has 5 heteroatoms. The van der Waals surface area contributed by atoms with E-state index in [0.29, 0.717) is 19.6 Å². The van der Waals surface area contributed by atoms with E-state index >= 15 is 0 Å². The molecule has 2 aromatic rings. The van der Waals surface area contributed by atoms with Crippen molar-refractivity contribution >= 4 is 5.97 Å². The van der Waals surface area contributed by atoms with Crippen LogP contribution in [0.3, 0.4) is 0 Å². The molecule has 0 spiro atoms. The van der Waals surface area contributed by atoms with Gasteiger partial charge in [0.2, 0.25) is 0 Å². The summed E-state index contributed by atoms with van der Waals surface area (Å²) in [5.74, 6) is -0.137. The molecule has 4 nitrogen and oxygen atoms in total. The molecule has 0 aliphatic carbocycles. The van der Waals surface area contributed by atoms with Crippen molar-refractivity contribution in [1.82, 2.24) is 4.90 Å². The normalized spacial score (nSPS) is 21.7. The molecule has 122 valence electrons. The van der Waals surface area contributed by atoms with Gasteiger partial charge in [0.15, 0.2) is 0 Å². The average molecular weight is 317 g/mol. The van der Waals surface area contributed by atoms with Crippen LogP contribution in [0.4, 0.5) is 4.39 Å². The lowest BCUT2D eigenvalue weighted by Crippen LogP contribution is -2.23. The number of likely N-dealkylation sites (tertiary alicyclic amines) is 1. The van der Waals surface area contributed by atoms with Crippen LogP contribution in [0.1, 0.15) is 29.9 Å². The van der Waals surface area contributed by atoms with Crippen LogP contribution in [0.15, 0.2) is 40.8 Å². The maximum absolute atomic E-state index is 13.5. The topological polar surface area (TPSA) is 53.7 Å². The second-order valence-electron chi connectivity index (χ2n) is 6.02. The first-order valence-corrected chi connectivity index (χ1v) is 7.85. The molecule has 1 fully saturated rings. The summed E-state index contributed by atoms with van der Waals surface area (Å²) in [6, 6.07) is 10.1. The van der Waals surface area contributed by atoms with E-state index in [4.69, 9.17) is 4.42 Å². The zero-order valence-corrected chi connectivity index (χ0v) is 13.0. The Labute approximate surface area is 134 Å². The molecule has 1 N–H and O–H groups in total. The van der Waals surface area contributed by atoms with Gasteiger partial charge in [-0.15, -0.1) is 0 Å². The Kier molecular flexibility index (Phi) is 4.48. The maximum Gasteiger partial charge on any atom is 0.308 e. The Bertz CT molecular complexity index is 697. The van der Waals surface area contributed by atoms with Crippen LogP contribution in [0.2, 0.25) is 0 Å². The number of carboxylic acids is 1. The second kappa shape index (κ2) is 6.54. The predicted octanol–water partition coefficient (Wildman–Crippen LogP) is 3.28. The number of aliphatic carboxylic acids is 1. The molecule has 0 bridgehead atoms. The fourth-order valence-corrected chi connectivity index (χ4v) is 3.26. The SMILES string of the molecule is CCc1ccc(CN2C[C@@H](C(=O)O)[C@H](c3cccc(F)c3)C2)o1. The highest BCUT2D eigenvalue weighted by Gasteiger charge is 2.38. The summed E-state index contributed by atoms with van der Waals surface area (Å²) in [6.07, 6.45) is 0.837. The van der Waals surface area contributed by atoms with Gasteiger partial charge in [0.05, 0.1) is 12.5 Å². The number of carboxylic acid groups (broad SMARTS) is 1. The van der Waals surface area contributed by atoms with E-state index in [1.165, 1.54) is 12.1 Å². The zero-order valence-electron chi connectivity index (χ0n) is 13.0. The molecule has 1 aliphatic heterocycles. The molecule has 2 atom stereocenters. The number of hydrogen-bond donors (Lipinski definition) is 1. The lowest BCUT2D eigenvalue weighted by atomic mass is 9.89. The third-order valence-electron chi connectivity index (χ3n) is 4.43. The Morgan fingerprint density at radius 2 is 2.09 bits per heavy atom. The highest BCUT2D eigenvalue weighted by atomic mass is 19.1. The fraction of sp³-hybridized carbons (Fsp3) is 0.389. The number of carbonyl (C=O) groups is 1. The molecule has 1 saturated heterocycles. The third-order valence-corrected chi connectivity index (χ3v) is 4.43. The van der Waals surface area contributed by atoms with Gasteiger partial charge in [0.1, 0.15) is 17.3 Å². The monoisotopic (exact) mass is 317 g/mol. The van der Waals surface area contributed by atoms with Gasteiger partial charge >= 0.3 is 5.97 Å². The first kappa shape index (κ1) is 15.7. The third kappa shape index (κ3) is 3.45. The molecule has 2 heterocycles. The van der Waals surface area contributed by atoms with Gasteiger partial charge in [-0.25, -0.2) is 4.39 Å². The summed E-state index contributed by atoms with van der Waals surface area (Å²) in [5, 5.41) is 9.50. The van der Waals surface area contributed by atoms with Crippen LogP contribution in [-0.2, 0) is 17.8 Å². The number of hydrogen-bond acceptors (Lipinski definition) is 3. The number of benzene rings is 1. The molecule has 0 amide bonds. The zero-order chi connectivity index (χ0) is 16.4. The Morgan fingerprint density at radius 3 is 2.74 bits per heavy atom. The molecule has 1 aromatic carbocycles. The fourth-order valence-electron chi connectivity index (χ4n) is 3.26. The Hall–Kier alpha value is -2.14. The van der Waals surface area contributed by atoms with Crippen LogP contribution in [0.25, 0.3) is 0 Å². The van der Waals surface area contributed by atoms with Gasteiger partial charge in [-0.05, 0) is 29.8 Å². The van der Waals surface area contributed by atoms with Crippen LogP contribution in [0, 0.1) is 11.7 Å². The Morgan fingerprint density at radius 1 is 1.30 bits per heavy atom. The summed E-state index contributed by atoms with van der Waals surface area (Å²) in [6.45, 7) is 3.63. The molecular formula is C18H20FNO3. The van der Waals surface area contributed by atoms with Gasteiger partial charge in [-0.1, -0.05) is 19.1 Å². The van der Waals surface area contributed by atoms with Crippen molar-refractivity contribution in [2.24, 2.45) is 5.92 Å². The summed E-state index contributed by atoms with van der Waals surface area (Å²) in [7, 11) is 0. The first-order chi connectivity index (χ1) is 11.1. The Balaban J connectivity index is 1.76. The van der Waals surface area contributed by atoms with Gasteiger partial charge < -0.3 is 9.52 Å². The minimum atomic E-state index is -0.838. The molecule has 1 aromatic heterocycles. The van der Waals surface area contributed by atoms with Crippen molar-refractivity contribution in [3.05, 3.63) is 59.3 Å². The molecule has 0 saturated carbocycles. The summed E-state index contributed by atoms with van der Waals surface area (Å²) >= 11 is 0. The van der Waals surface area contributed by atoms with Gasteiger partial charge in [0.25, 0.3) is 0 Å². The molecule has 1 aliphatic rings. The standard InChI is InChI=1S/C18H20FNO3/c1-2-14-6-7-15(23-14)9-20-10-16(17(11-20)18(21)22)12-4-3-5-13(19)8-12/h3-8,16-17H,2,9-11H2,1H3,(H,21,22)/t16-,17+/m0/s1. The summed E-state index contributed by atoms with van der Waals surface area (Å²) in [4.78, 5) is 13.6. The van der Waals surface area contributed by atoms with Crippen molar-refractivity contribution in [3.8, 4) is 0 Å². The molecular weight excluding hydrogens is 297 g/mol. The minimum absolute atomic E-state index is 0.205. The highest BCUT2D eigenvalue weighted by Crippen LogP contribution is 2.34. The van der Waals surface area contributed by atoms with E-state index in [1.807, 2.05) is 19.1 Å². The quantitative estimate of drug-likeness (QED) is 0.919. The number of furan rings is 1. The number of halogens is 1. The van der Waals surface area contributed by atoms with Gasteiger partial charge in [-0.2, -0.15) is 0 Å². The highest BCUT2D eigenvalue weighted by molar-refractivity contribution is 5.72. The number of nitrogens with zero attached hydrogens (tertiary/aromatic N) is 1. The smallest absolute Gasteiger partial charge is 0.308 e. The lowest BCUT2D eigenvalue weighted by molar-refractivity contribution is -0.141. The molecule has 3 rings (SSSR count). The predicted molar refractivity (Wildman–Crippen MR) is 83.6 cm³/mol. The maximum atomic E-state index is 13.5. The van der Waals surface area contributed by atoms with Crippen molar-refractivity contribution in [2.45, 2.75) is 25.8 Å². The van der Waals surface area contributed by atoms with E-state index in [0.717, 1.165) is 23.5 Å². The van der Waals surface area contributed by atoms with E-state index in [9.17, 15) is 14.3 Å². The van der Waals surface area contributed by atoms with Crippen molar-refractivity contribution in [3.63, 3.8) is 0 Å². The van der Waals surface area contributed by atoms with Gasteiger partial charge in [-0.3, -0.25) is 9.69 Å². The van der Waals surface area contributed by atoms with E-state index in [-0.39, 0.29) is 11.7 Å². The molecule has 0 radical (unpaired) electrons. The van der Waals surface area contributed by atoms with Gasteiger partial charge in [0, 0.05) is 25.4 Å². The first-order valence-electron chi connectivity index (χ1n) is 7.85. The largest absolute Gasteiger partial charge is 0.481 e. The van der Waals surface area contributed by atoms with Crippen molar-refractivity contribution < 1.29 is 18.7 Å². The molecule has 0 unspecified atom stereocenters. The molecule has 23 heavy (non-hydrogen) atoms. The average Bonchev–Trinajstić information content (AvgIpc) is 3.14. The summed E-state index contributed by atoms with van der Waals surface area (Å²) in [5.41, 5.74) is 0.744. The van der Waals surface area contributed by atoms with Crippen LogP contribution in [0.5, 0.6) is 0 Å². The lowest BCUT2D eigenvalue weighted by Gasteiger charge is -2.15. The second-order valence-corrected chi connectivity index (χ2v) is 6.02. The van der Waals surface area contributed by atoms with E-state index in [1.54, 1.807) is 12.1 Å². The van der Waals surface area contributed by atoms with E-state index in [2.05, 4.69) is 4.90 Å². The number of aryl methyl sites for hydroxylation is 1. The number of rotatable bonds is 5. The summed E-state index contributed by atoms with van der Waals surface area (Å²) < 4.78 is 19.2. The van der Waals surface area contributed by atoms with Crippen molar-refractivity contribution in [2.75, 3.05) is 13.1 Å². The van der Waals surface area contributed by atoms with Crippen LogP contribution < -0.4 is 0 Å². The van der Waals surface area contributed by atoms with Crippen LogP contribution in [-0.4, -0.2) is 29.1 Å². The van der Waals surface area contributed by atoms with Crippen LogP contribution >= 0.6 is 0 Å².